The zero-order valence-corrected chi connectivity index (χ0v) is 6.99. The van der Waals surface area contributed by atoms with Crippen LogP contribution >= 0.6 is 0 Å². The van der Waals surface area contributed by atoms with E-state index < -0.39 is 5.54 Å². The molecule has 1 aromatic rings. The van der Waals surface area contributed by atoms with Crippen molar-refractivity contribution in [2.45, 2.75) is 12.5 Å². The third-order valence-electron chi connectivity index (χ3n) is 1.68. The molecule has 1 atom stereocenters. The fourth-order valence-electron chi connectivity index (χ4n) is 0.851. The Morgan fingerprint density at radius 1 is 1.58 bits per heavy atom. The molecule has 4 heteroatoms. The van der Waals surface area contributed by atoms with E-state index >= 15 is 0 Å². The SMILES string of the molecule is C[C@](N)(CO)c1cccc(N)n1. The first-order valence-electron chi connectivity index (χ1n) is 3.69. The summed E-state index contributed by atoms with van der Waals surface area (Å²) in [4.78, 5) is 4.01. The molecule has 1 aromatic heterocycles. The van der Waals surface area contributed by atoms with E-state index in [0.717, 1.165) is 0 Å². The van der Waals surface area contributed by atoms with Crippen LogP contribution in [0.3, 0.4) is 0 Å². The Kier molecular flexibility index (Phi) is 2.30. The van der Waals surface area contributed by atoms with E-state index in [1.54, 1.807) is 25.1 Å². The first kappa shape index (κ1) is 8.96. The lowest BCUT2D eigenvalue weighted by Crippen LogP contribution is -2.37. The highest BCUT2D eigenvalue weighted by molar-refractivity contribution is 5.31. The molecular weight excluding hydrogens is 154 g/mol. The Labute approximate surface area is 71.2 Å². The maximum atomic E-state index is 8.93. The highest BCUT2D eigenvalue weighted by Gasteiger charge is 2.21. The molecule has 12 heavy (non-hydrogen) atoms. The molecule has 0 amide bonds. The summed E-state index contributed by atoms with van der Waals surface area (Å²) in [6.07, 6.45) is 0. The zero-order valence-electron chi connectivity index (χ0n) is 6.99. The van der Waals surface area contributed by atoms with Gasteiger partial charge in [0.2, 0.25) is 0 Å². The average Bonchev–Trinajstić information content (AvgIpc) is 2.05. The van der Waals surface area contributed by atoms with E-state index in [-0.39, 0.29) is 6.61 Å². The maximum Gasteiger partial charge on any atom is 0.123 e. The molecule has 4 nitrogen and oxygen atoms in total. The molecule has 0 aliphatic heterocycles. The molecule has 0 aliphatic rings. The minimum Gasteiger partial charge on any atom is -0.394 e. The quantitative estimate of drug-likeness (QED) is 0.571. The molecule has 5 N–H and O–H groups in total. The lowest BCUT2D eigenvalue weighted by atomic mass is 10.0. The Bertz CT molecular complexity index is 273. The largest absolute Gasteiger partial charge is 0.394 e. The van der Waals surface area contributed by atoms with E-state index in [0.29, 0.717) is 11.5 Å². The number of aromatic nitrogens is 1. The first-order chi connectivity index (χ1) is 5.56. The fraction of sp³-hybridized carbons (Fsp3) is 0.375. The van der Waals surface area contributed by atoms with E-state index in [9.17, 15) is 0 Å². The van der Waals surface area contributed by atoms with Crippen LogP contribution in [0.4, 0.5) is 5.82 Å². The van der Waals surface area contributed by atoms with Crippen molar-refractivity contribution in [3.05, 3.63) is 23.9 Å². The molecule has 0 aliphatic carbocycles. The number of nitrogen functional groups attached to an aromatic ring is 1. The fourth-order valence-corrected chi connectivity index (χ4v) is 0.851. The topological polar surface area (TPSA) is 85.2 Å². The van der Waals surface area contributed by atoms with Crippen LogP contribution < -0.4 is 11.5 Å². The van der Waals surface area contributed by atoms with E-state index in [1.807, 2.05) is 0 Å². The van der Waals surface area contributed by atoms with Crippen molar-refractivity contribution in [2.75, 3.05) is 12.3 Å². The third-order valence-corrected chi connectivity index (χ3v) is 1.68. The molecule has 1 rings (SSSR count). The lowest BCUT2D eigenvalue weighted by molar-refractivity contribution is 0.207. The summed E-state index contributed by atoms with van der Waals surface area (Å²) in [5.74, 6) is 0.414. The molecule has 0 unspecified atom stereocenters. The summed E-state index contributed by atoms with van der Waals surface area (Å²) in [5, 5.41) is 8.93. The average molecular weight is 167 g/mol. The van der Waals surface area contributed by atoms with Crippen LogP contribution in [0.15, 0.2) is 18.2 Å². The molecule has 0 saturated heterocycles. The van der Waals surface area contributed by atoms with Crippen molar-refractivity contribution >= 4 is 5.82 Å². The highest BCUT2D eigenvalue weighted by atomic mass is 16.3. The second-order valence-electron chi connectivity index (χ2n) is 3.02. The zero-order chi connectivity index (χ0) is 9.19. The van der Waals surface area contributed by atoms with Gasteiger partial charge < -0.3 is 16.6 Å². The van der Waals surface area contributed by atoms with Crippen molar-refractivity contribution < 1.29 is 5.11 Å². The number of hydrogen-bond acceptors (Lipinski definition) is 4. The summed E-state index contributed by atoms with van der Waals surface area (Å²) in [5.41, 5.74) is 11.0. The van der Waals surface area contributed by atoms with Crippen LogP contribution in [-0.2, 0) is 5.54 Å². The van der Waals surface area contributed by atoms with Crippen molar-refractivity contribution in [3.63, 3.8) is 0 Å². The van der Waals surface area contributed by atoms with Crippen molar-refractivity contribution in [1.29, 1.82) is 0 Å². The van der Waals surface area contributed by atoms with Crippen LogP contribution in [-0.4, -0.2) is 16.7 Å². The summed E-state index contributed by atoms with van der Waals surface area (Å²) in [6, 6.07) is 5.18. The number of rotatable bonds is 2. The van der Waals surface area contributed by atoms with E-state index in [1.165, 1.54) is 0 Å². The first-order valence-corrected chi connectivity index (χ1v) is 3.69. The Morgan fingerprint density at radius 2 is 2.25 bits per heavy atom. The van der Waals surface area contributed by atoms with Gasteiger partial charge in [0.25, 0.3) is 0 Å². The van der Waals surface area contributed by atoms with Crippen molar-refractivity contribution in [3.8, 4) is 0 Å². The van der Waals surface area contributed by atoms with Gasteiger partial charge in [-0.1, -0.05) is 6.07 Å². The highest BCUT2D eigenvalue weighted by Crippen LogP contribution is 2.14. The minimum atomic E-state index is -0.810. The molecule has 0 aromatic carbocycles. The van der Waals surface area contributed by atoms with Gasteiger partial charge >= 0.3 is 0 Å². The smallest absolute Gasteiger partial charge is 0.123 e. The van der Waals surface area contributed by atoms with Gasteiger partial charge in [0.15, 0.2) is 0 Å². The van der Waals surface area contributed by atoms with E-state index in [2.05, 4.69) is 4.98 Å². The van der Waals surface area contributed by atoms with Gasteiger partial charge in [0, 0.05) is 0 Å². The molecule has 0 fully saturated rings. The van der Waals surface area contributed by atoms with Gasteiger partial charge in [0.1, 0.15) is 5.82 Å². The molecule has 0 radical (unpaired) electrons. The number of nitrogens with zero attached hydrogens (tertiary/aromatic N) is 1. The van der Waals surface area contributed by atoms with Gasteiger partial charge in [0.05, 0.1) is 17.8 Å². The Hall–Kier alpha value is -1.13. The predicted octanol–water partition coefficient (Wildman–Crippen LogP) is -0.170. The van der Waals surface area contributed by atoms with Crippen LogP contribution in [0.5, 0.6) is 0 Å². The van der Waals surface area contributed by atoms with Crippen LogP contribution in [0.1, 0.15) is 12.6 Å². The van der Waals surface area contributed by atoms with Gasteiger partial charge in [-0.05, 0) is 19.1 Å². The molecule has 66 valence electrons. The molecule has 0 saturated carbocycles. The molecule has 0 bridgehead atoms. The van der Waals surface area contributed by atoms with Crippen LogP contribution in [0.25, 0.3) is 0 Å². The second kappa shape index (κ2) is 3.08. The third kappa shape index (κ3) is 1.72. The normalized spacial score (nSPS) is 15.6. The number of pyridine rings is 1. The number of aliphatic hydroxyl groups excluding tert-OH is 1. The lowest BCUT2D eigenvalue weighted by Gasteiger charge is -2.20. The van der Waals surface area contributed by atoms with Crippen molar-refractivity contribution in [1.82, 2.24) is 4.98 Å². The van der Waals surface area contributed by atoms with E-state index in [4.69, 9.17) is 16.6 Å². The Morgan fingerprint density at radius 3 is 2.75 bits per heavy atom. The Balaban J connectivity index is 3.03. The summed E-state index contributed by atoms with van der Waals surface area (Å²) < 4.78 is 0. The van der Waals surface area contributed by atoms with Crippen molar-refractivity contribution in [2.24, 2.45) is 5.73 Å². The van der Waals surface area contributed by atoms with Crippen LogP contribution in [0.2, 0.25) is 0 Å². The van der Waals surface area contributed by atoms with Gasteiger partial charge in [-0.25, -0.2) is 4.98 Å². The number of nitrogens with two attached hydrogens (primary N) is 2. The second-order valence-corrected chi connectivity index (χ2v) is 3.02. The van der Waals surface area contributed by atoms with Crippen LogP contribution in [0, 0.1) is 0 Å². The van der Waals surface area contributed by atoms with Gasteiger partial charge in [-0.15, -0.1) is 0 Å². The van der Waals surface area contributed by atoms with Gasteiger partial charge in [-0.3, -0.25) is 0 Å². The monoisotopic (exact) mass is 167 g/mol. The number of hydrogen-bond donors (Lipinski definition) is 3. The predicted molar refractivity (Wildman–Crippen MR) is 47.3 cm³/mol. The number of anilines is 1. The summed E-state index contributed by atoms with van der Waals surface area (Å²) in [6.45, 7) is 1.55. The molecular formula is C8H13N3O. The van der Waals surface area contributed by atoms with Gasteiger partial charge in [-0.2, -0.15) is 0 Å². The number of aliphatic hydroxyl groups is 1. The molecule has 1 heterocycles. The summed E-state index contributed by atoms with van der Waals surface area (Å²) >= 11 is 0. The maximum absolute atomic E-state index is 8.93. The standard InChI is InChI=1S/C8H13N3O/c1-8(10,5-12)6-3-2-4-7(9)11-6/h2-4,12H,5,10H2,1H3,(H2,9,11)/t8-/m0/s1. The summed E-state index contributed by atoms with van der Waals surface area (Å²) in [7, 11) is 0. The minimum absolute atomic E-state index is 0.149. The molecule has 0 spiro atoms.